The lowest BCUT2D eigenvalue weighted by molar-refractivity contribution is -0.347. The molecule has 2 fully saturated rings. The molecule has 0 spiro atoms. The summed E-state index contributed by atoms with van der Waals surface area (Å²) >= 11 is 0. The molecule has 2 heterocycles. The molecule has 0 saturated carbocycles. The second kappa shape index (κ2) is 15.9. The second-order valence-corrected chi connectivity index (χ2v) is 10.6. The summed E-state index contributed by atoms with van der Waals surface area (Å²) in [5, 5.41) is 52.4. The molecule has 15 nitrogen and oxygen atoms in total. The van der Waals surface area contributed by atoms with Gasteiger partial charge in [-0.25, -0.2) is 4.57 Å². The number of ether oxygens (including phenoxy) is 4. The van der Waals surface area contributed by atoms with Crippen LogP contribution in [0, 0.1) is 0 Å². The SMILES string of the molecule is CCCCCCCCO[C@@H]1O[C@H](CO)[C@@H](O[C@@H]2O[C@H](CO)[C@H](O)[C@H](O)[C@H]2O)[C@H](OP(=O)(O)O)[C@H]1NC(C)=O. The van der Waals surface area contributed by atoms with Crippen LogP contribution >= 0.6 is 7.82 Å². The van der Waals surface area contributed by atoms with Crippen LogP contribution in [0.2, 0.25) is 0 Å². The Labute approximate surface area is 221 Å². The van der Waals surface area contributed by atoms with E-state index in [1.807, 2.05) is 0 Å². The van der Waals surface area contributed by atoms with Crippen LogP contribution in [-0.4, -0.2) is 122 Å². The van der Waals surface area contributed by atoms with Crippen LogP contribution < -0.4 is 5.32 Å². The molecule has 2 saturated heterocycles. The molecular formula is C22H42NO14P. The van der Waals surface area contributed by atoms with E-state index in [0.717, 1.165) is 39.0 Å². The molecule has 0 aromatic rings. The van der Waals surface area contributed by atoms with E-state index in [9.17, 15) is 44.7 Å². The van der Waals surface area contributed by atoms with Crippen molar-refractivity contribution in [2.75, 3.05) is 19.8 Å². The number of carbonyl (C=O) groups is 1. The van der Waals surface area contributed by atoms with Gasteiger partial charge < -0.3 is 59.6 Å². The fraction of sp³-hybridized carbons (Fsp3) is 0.955. The van der Waals surface area contributed by atoms with E-state index >= 15 is 0 Å². The minimum Gasteiger partial charge on any atom is -0.394 e. The van der Waals surface area contributed by atoms with Gasteiger partial charge in [0.1, 0.15) is 48.8 Å². The Morgan fingerprint density at radius 1 is 0.868 bits per heavy atom. The quantitative estimate of drug-likeness (QED) is 0.0799. The van der Waals surface area contributed by atoms with E-state index in [2.05, 4.69) is 12.2 Å². The third-order valence-corrected chi connectivity index (χ3v) is 6.89. The molecule has 0 bridgehead atoms. The maximum absolute atomic E-state index is 12.0. The van der Waals surface area contributed by atoms with Crippen LogP contribution in [0.15, 0.2) is 0 Å². The monoisotopic (exact) mass is 575 g/mol. The fourth-order valence-corrected chi connectivity index (χ4v) is 5.01. The predicted octanol–water partition coefficient (Wildman–Crippen LogP) is -1.75. The summed E-state index contributed by atoms with van der Waals surface area (Å²) in [6.07, 6.45) is -8.53. The molecule has 0 aliphatic carbocycles. The first-order chi connectivity index (χ1) is 17.9. The van der Waals surface area contributed by atoms with Crippen LogP contribution in [0.5, 0.6) is 0 Å². The summed E-state index contributed by atoms with van der Waals surface area (Å²) < 4.78 is 39.4. The highest BCUT2D eigenvalue weighted by Crippen LogP contribution is 2.43. The molecule has 10 atom stereocenters. The van der Waals surface area contributed by atoms with Gasteiger partial charge in [0.05, 0.1) is 13.2 Å². The first-order valence-corrected chi connectivity index (χ1v) is 14.3. The molecular weight excluding hydrogens is 533 g/mol. The second-order valence-electron chi connectivity index (χ2n) is 9.45. The molecule has 1 amide bonds. The molecule has 0 unspecified atom stereocenters. The molecule has 2 aliphatic rings. The largest absolute Gasteiger partial charge is 0.470 e. The van der Waals surface area contributed by atoms with E-state index < -0.39 is 88.3 Å². The zero-order valence-electron chi connectivity index (χ0n) is 21.6. The van der Waals surface area contributed by atoms with Crippen molar-refractivity contribution in [1.82, 2.24) is 5.32 Å². The van der Waals surface area contributed by atoms with E-state index in [1.165, 1.54) is 0 Å². The van der Waals surface area contributed by atoms with Gasteiger partial charge in [0.15, 0.2) is 12.6 Å². The van der Waals surface area contributed by atoms with Gasteiger partial charge in [-0.05, 0) is 6.42 Å². The van der Waals surface area contributed by atoms with Crippen molar-refractivity contribution in [1.29, 1.82) is 0 Å². The molecule has 0 aromatic carbocycles. The normalized spacial score (nSPS) is 36.2. The molecule has 38 heavy (non-hydrogen) atoms. The maximum Gasteiger partial charge on any atom is 0.470 e. The van der Waals surface area contributed by atoms with Crippen LogP contribution in [-0.2, 0) is 32.8 Å². The Morgan fingerprint density at radius 3 is 2.05 bits per heavy atom. The Hall–Kier alpha value is -0.780. The van der Waals surface area contributed by atoms with Gasteiger partial charge in [-0.3, -0.25) is 9.32 Å². The van der Waals surface area contributed by atoms with Crippen molar-refractivity contribution in [2.45, 2.75) is 114 Å². The van der Waals surface area contributed by atoms with Crippen molar-refractivity contribution < 1.29 is 68.2 Å². The van der Waals surface area contributed by atoms with Crippen molar-refractivity contribution in [2.24, 2.45) is 0 Å². The summed E-state index contributed by atoms with van der Waals surface area (Å²) in [5.41, 5.74) is 0. The molecule has 0 aromatic heterocycles. The first kappa shape index (κ1) is 33.4. The first-order valence-electron chi connectivity index (χ1n) is 12.8. The van der Waals surface area contributed by atoms with Crippen LogP contribution in [0.25, 0.3) is 0 Å². The lowest BCUT2D eigenvalue weighted by Crippen LogP contribution is -2.68. The van der Waals surface area contributed by atoms with E-state index in [0.29, 0.717) is 6.42 Å². The zero-order valence-corrected chi connectivity index (χ0v) is 22.5. The van der Waals surface area contributed by atoms with Gasteiger partial charge in [0.2, 0.25) is 5.91 Å². The summed E-state index contributed by atoms with van der Waals surface area (Å²) in [6.45, 7) is 1.94. The van der Waals surface area contributed by atoms with Crippen molar-refractivity contribution in [3.05, 3.63) is 0 Å². The third-order valence-electron chi connectivity index (χ3n) is 6.37. The Kier molecular flexibility index (Phi) is 14.0. The van der Waals surface area contributed by atoms with Gasteiger partial charge in [-0.2, -0.15) is 0 Å². The summed E-state index contributed by atoms with van der Waals surface area (Å²) in [4.78, 5) is 31.2. The molecule has 8 N–H and O–H groups in total. The Morgan fingerprint density at radius 2 is 1.47 bits per heavy atom. The van der Waals surface area contributed by atoms with Gasteiger partial charge >= 0.3 is 7.82 Å². The number of nitrogens with one attached hydrogen (secondary N) is 1. The number of hydrogen-bond acceptors (Lipinski definition) is 12. The fourth-order valence-electron chi connectivity index (χ4n) is 4.45. The predicted molar refractivity (Wildman–Crippen MR) is 128 cm³/mol. The maximum atomic E-state index is 12.0. The molecule has 16 heteroatoms. The molecule has 2 aliphatic heterocycles. The number of hydrogen-bond donors (Lipinski definition) is 8. The van der Waals surface area contributed by atoms with E-state index in [-0.39, 0.29) is 6.61 Å². The topological polar surface area (TPSA) is 234 Å². The van der Waals surface area contributed by atoms with Crippen molar-refractivity contribution in [3.8, 4) is 0 Å². The third kappa shape index (κ3) is 9.70. The number of unbranched alkanes of at least 4 members (excludes halogenated alkanes) is 5. The van der Waals surface area contributed by atoms with Crippen LogP contribution in [0.1, 0.15) is 52.4 Å². The van der Waals surface area contributed by atoms with Crippen LogP contribution in [0.3, 0.4) is 0 Å². The number of aliphatic hydroxyl groups excluding tert-OH is 5. The smallest absolute Gasteiger partial charge is 0.394 e. The highest BCUT2D eigenvalue weighted by Gasteiger charge is 2.53. The summed E-state index contributed by atoms with van der Waals surface area (Å²) in [5.74, 6) is -0.611. The number of phosphoric acid groups is 1. The van der Waals surface area contributed by atoms with Gasteiger partial charge in [-0.1, -0.05) is 39.0 Å². The number of amides is 1. The minimum atomic E-state index is -5.23. The number of aliphatic hydroxyl groups is 5. The van der Waals surface area contributed by atoms with E-state index in [4.69, 9.17) is 23.5 Å². The van der Waals surface area contributed by atoms with E-state index in [1.54, 1.807) is 0 Å². The highest BCUT2D eigenvalue weighted by atomic mass is 31.2. The molecule has 2 rings (SSSR count). The average molecular weight is 576 g/mol. The average Bonchev–Trinajstić information content (AvgIpc) is 2.85. The van der Waals surface area contributed by atoms with Crippen LogP contribution in [0.4, 0.5) is 0 Å². The molecule has 224 valence electrons. The zero-order chi connectivity index (χ0) is 28.5. The standard InChI is InChI=1S/C22H42NO14P/c1-3-4-5-6-7-8-9-33-21-15(23-12(2)26)20(37-38(30,31)32)19(14(11-25)35-21)36-22-18(29)17(28)16(27)13(10-24)34-22/h13-22,24-25,27-29H,3-11H2,1-2H3,(H,23,26)(H2,30,31,32)/t13-,14-,15-,16+,17+,18-,19-,20-,21-,22+/m1/s1. The van der Waals surface area contributed by atoms with Crippen molar-refractivity contribution >= 4 is 13.7 Å². The lowest BCUT2D eigenvalue weighted by Gasteiger charge is -2.48. The Balaban J connectivity index is 2.26. The molecule has 0 radical (unpaired) electrons. The number of carbonyl (C=O) groups excluding carboxylic acids is 1. The van der Waals surface area contributed by atoms with Crippen molar-refractivity contribution in [3.63, 3.8) is 0 Å². The number of rotatable bonds is 15. The summed E-state index contributed by atoms with van der Waals surface area (Å²) in [7, 11) is -5.23. The summed E-state index contributed by atoms with van der Waals surface area (Å²) in [6, 6.07) is -1.34. The lowest BCUT2D eigenvalue weighted by atomic mass is 9.95. The van der Waals surface area contributed by atoms with Gasteiger partial charge in [-0.15, -0.1) is 0 Å². The highest BCUT2D eigenvalue weighted by molar-refractivity contribution is 7.46. The number of phosphoric ester groups is 1. The van der Waals surface area contributed by atoms with Gasteiger partial charge in [0.25, 0.3) is 0 Å². The van der Waals surface area contributed by atoms with Gasteiger partial charge in [0, 0.05) is 13.5 Å². The minimum absolute atomic E-state index is 0.186. The Bertz CT molecular complexity index is 754.